The maximum Gasteiger partial charge on any atom is 0.321 e. The van der Waals surface area contributed by atoms with E-state index in [-0.39, 0.29) is 17.3 Å². The highest BCUT2D eigenvalue weighted by Gasteiger charge is 2.18. The minimum Gasteiger partial charge on any atom is -0.493 e. The van der Waals surface area contributed by atoms with Crippen molar-refractivity contribution >= 4 is 16.0 Å². The molecule has 0 saturated carbocycles. The van der Waals surface area contributed by atoms with Crippen LogP contribution in [-0.2, 0) is 26.2 Å². The van der Waals surface area contributed by atoms with Crippen molar-refractivity contribution in [3.63, 3.8) is 0 Å². The van der Waals surface area contributed by atoms with Gasteiger partial charge in [-0.15, -0.1) is 0 Å². The number of rotatable bonds is 8. The van der Waals surface area contributed by atoms with E-state index in [4.69, 9.17) is 19.5 Å². The molecule has 2 rings (SSSR count). The van der Waals surface area contributed by atoms with Crippen LogP contribution in [0.25, 0.3) is 0 Å². The summed E-state index contributed by atoms with van der Waals surface area (Å²) in [6, 6.07) is 12.6. The van der Waals surface area contributed by atoms with Crippen molar-refractivity contribution in [3.05, 3.63) is 53.6 Å². The van der Waals surface area contributed by atoms with Gasteiger partial charge in [-0.3, -0.25) is 4.79 Å². The van der Waals surface area contributed by atoms with Crippen LogP contribution in [0, 0.1) is 11.3 Å². The monoisotopic (exact) mass is 390 g/mol. The molecule has 1 N–H and O–H groups in total. The second kappa shape index (κ2) is 9.02. The zero-order valence-corrected chi connectivity index (χ0v) is 15.6. The van der Waals surface area contributed by atoms with E-state index in [2.05, 4.69) is 4.72 Å². The Kier molecular flexibility index (Phi) is 6.76. The van der Waals surface area contributed by atoms with Gasteiger partial charge >= 0.3 is 5.97 Å². The molecule has 8 nitrogen and oxygen atoms in total. The van der Waals surface area contributed by atoms with Gasteiger partial charge in [0.05, 0.1) is 30.7 Å². The number of nitriles is 1. The molecule has 0 heterocycles. The lowest BCUT2D eigenvalue weighted by molar-refractivity contribution is -0.143. The maximum absolute atomic E-state index is 12.3. The molecule has 0 bridgehead atoms. The van der Waals surface area contributed by atoms with Gasteiger partial charge in [-0.2, -0.15) is 9.98 Å². The van der Waals surface area contributed by atoms with E-state index in [0.717, 1.165) is 0 Å². The predicted molar refractivity (Wildman–Crippen MR) is 95.7 cm³/mol. The predicted octanol–water partition coefficient (Wildman–Crippen LogP) is 1.60. The molecule has 0 aromatic heterocycles. The lowest BCUT2D eigenvalue weighted by Crippen LogP contribution is -2.30. The first-order valence-electron chi connectivity index (χ1n) is 7.76. The zero-order valence-electron chi connectivity index (χ0n) is 14.8. The molecule has 0 fully saturated rings. The molecule has 0 amide bonds. The van der Waals surface area contributed by atoms with Gasteiger partial charge in [0.25, 0.3) is 0 Å². The Morgan fingerprint density at radius 2 is 1.85 bits per heavy atom. The summed E-state index contributed by atoms with van der Waals surface area (Å²) in [7, 11) is -1.11. The molecular weight excluding hydrogens is 372 g/mol. The highest BCUT2D eigenvalue weighted by Crippen LogP contribution is 2.29. The van der Waals surface area contributed by atoms with Crippen LogP contribution in [0.1, 0.15) is 11.1 Å². The molecule has 2 aromatic carbocycles. The van der Waals surface area contributed by atoms with E-state index >= 15 is 0 Å². The van der Waals surface area contributed by atoms with E-state index in [1.807, 2.05) is 6.07 Å². The zero-order chi connectivity index (χ0) is 19.9. The highest BCUT2D eigenvalue weighted by molar-refractivity contribution is 7.89. The SMILES string of the molecule is COc1ccc(S(=O)(=O)NCC(=O)OCc2cccc(C#N)c2)cc1OC. The fraction of sp³-hybridized carbons (Fsp3) is 0.222. The number of sulfonamides is 1. The minimum absolute atomic E-state index is 0.0631. The van der Waals surface area contributed by atoms with Crippen LogP contribution < -0.4 is 14.2 Å². The van der Waals surface area contributed by atoms with Crippen LogP contribution in [0.5, 0.6) is 11.5 Å². The summed E-state index contributed by atoms with van der Waals surface area (Å²) >= 11 is 0. The van der Waals surface area contributed by atoms with Crippen molar-refractivity contribution < 1.29 is 27.4 Å². The van der Waals surface area contributed by atoms with E-state index < -0.39 is 22.5 Å². The van der Waals surface area contributed by atoms with Crippen LogP contribution in [0.15, 0.2) is 47.4 Å². The number of hydrogen-bond acceptors (Lipinski definition) is 7. The fourth-order valence-electron chi connectivity index (χ4n) is 2.17. The number of methoxy groups -OCH3 is 2. The summed E-state index contributed by atoms with van der Waals surface area (Å²) in [5.41, 5.74) is 1.07. The molecule has 2 aromatic rings. The van der Waals surface area contributed by atoms with Gasteiger partial charge < -0.3 is 14.2 Å². The molecule has 0 saturated heterocycles. The van der Waals surface area contributed by atoms with Crippen LogP contribution in [-0.4, -0.2) is 35.2 Å². The highest BCUT2D eigenvalue weighted by atomic mass is 32.2. The van der Waals surface area contributed by atoms with Crippen molar-refractivity contribution in [1.29, 1.82) is 5.26 Å². The Labute approximate surface area is 157 Å². The lowest BCUT2D eigenvalue weighted by Gasteiger charge is -2.11. The Morgan fingerprint density at radius 3 is 2.52 bits per heavy atom. The first-order chi connectivity index (χ1) is 12.9. The second-order valence-corrected chi connectivity index (χ2v) is 7.08. The number of nitrogens with one attached hydrogen (secondary N) is 1. The molecule has 0 aliphatic heterocycles. The number of esters is 1. The van der Waals surface area contributed by atoms with Crippen molar-refractivity contribution in [2.24, 2.45) is 0 Å². The smallest absolute Gasteiger partial charge is 0.321 e. The maximum atomic E-state index is 12.3. The van der Waals surface area contributed by atoms with E-state index in [1.54, 1.807) is 24.3 Å². The Hall–Kier alpha value is -3.09. The van der Waals surface area contributed by atoms with Crippen molar-refractivity contribution in [2.75, 3.05) is 20.8 Å². The van der Waals surface area contributed by atoms with E-state index in [0.29, 0.717) is 16.9 Å². The summed E-state index contributed by atoms with van der Waals surface area (Å²) in [5.74, 6) is -0.114. The van der Waals surface area contributed by atoms with Crippen molar-refractivity contribution in [1.82, 2.24) is 4.72 Å². The third kappa shape index (κ3) is 5.44. The Bertz CT molecular complexity index is 966. The number of ether oxygens (including phenoxy) is 3. The summed E-state index contributed by atoms with van der Waals surface area (Å²) in [6.07, 6.45) is 0. The lowest BCUT2D eigenvalue weighted by atomic mass is 10.1. The average molecular weight is 390 g/mol. The normalized spacial score (nSPS) is 10.7. The van der Waals surface area contributed by atoms with Crippen LogP contribution in [0.2, 0.25) is 0 Å². The van der Waals surface area contributed by atoms with Gasteiger partial charge in [-0.1, -0.05) is 12.1 Å². The number of nitrogens with zero attached hydrogens (tertiary/aromatic N) is 1. The largest absolute Gasteiger partial charge is 0.493 e. The third-order valence-corrected chi connectivity index (χ3v) is 4.93. The molecule has 0 aliphatic carbocycles. The van der Waals surface area contributed by atoms with Gasteiger partial charge in [0.1, 0.15) is 13.2 Å². The summed E-state index contributed by atoms with van der Waals surface area (Å²) in [6.45, 7) is -0.596. The fourth-order valence-corrected chi connectivity index (χ4v) is 3.15. The van der Waals surface area contributed by atoms with Crippen LogP contribution >= 0.6 is 0 Å². The second-order valence-electron chi connectivity index (χ2n) is 5.31. The molecule has 0 spiro atoms. The van der Waals surface area contributed by atoms with E-state index in [1.165, 1.54) is 32.4 Å². The summed E-state index contributed by atoms with van der Waals surface area (Å²) in [5, 5.41) is 8.84. The van der Waals surface area contributed by atoms with Gasteiger partial charge in [0.15, 0.2) is 11.5 Å². The van der Waals surface area contributed by atoms with Gasteiger partial charge in [-0.05, 0) is 29.8 Å². The minimum atomic E-state index is -3.94. The molecule has 142 valence electrons. The number of carbonyl (C=O) groups is 1. The average Bonchev–Trinajstić information content (AvgIpc) is 2.70. The van der Waals surface area contributed by atoms with Gasteiger partial charge in [-0.25, -0.2) is 8.42 Å². The van der Waals surface area contributed by atoms with Gasteiger partial charge in [0.2, 0.25) is 10.0 Å². The number of benzene rings is 2. The molecule has 27 heavy (non-hydrogen) atoms. The molecule has 0 unspecified atom stereocenters. The standard InChI is InChI=1S/C18H18N2O6S/c1-24-16-7-6-15(9-17(16)25-2)27(22,23)20-11-18(21)26-12-14-5-3-4-13(8-14)10-19/h3-9,20H,11-12H2,1-2H3. The Balaban J connectivity index is 1.96. The number of carbonyl (C=O) groups excluding carboxylic acids is 1. The topological polar surface area (TPSA) is 115 Å². The van der Waals surface area contributed by atoms with Crippen LogP contribution in [0.4, 0.5) is 0 Å². The third-order valence-electron chi connectivity index (χ3n) is 3.53. The summed E-state index contributed by atoms with van der Waals surface area (Å²) in [4.78, 5) is 11.7. The first kappa shape index (κ1) is 20.2. The number of hydrogen-bond donors (Lipinski definition) is 1. The first-order valence-corrected chi connectivity index (χ1v) is 9.24. The molecular formula is C18H18N2O6S. The summed E-state index contributed by atoms with van der Waals surface area (Å²) < 4.78 is 41.9. The quantitative estimate of drug-likeness (QED) is 0.681. The Morgan fingerprint density at radius 1 is 1.11 bits per heavy atom. The van der Waals surface area contributed by atoms with Gasteiger partial charge in [0, 0.05) is 6.07 Å². The molecule has 0 atom stereocenters. The molecule has 9 heteroatoms. The molecule has 0 aliphatic rings. The van der Waals surface area contributed by atoms with E-state index in [9.17, 15) is 13.2 Å². The molecule has 0 radical (unpaired) electrons. The van der Waals surface area contributed by atoms with Crippen LogP contribution in [0.3, 0.4) is 0 Å². The van der Waals surface area contributed by atoms with Crippen molar-refractivity contribution in [3.8, 4) is 17.6 Å². The van der Waals surface area contributed by atoms with Crippen molar-refractivity contribution in [2.45, 2.75) is 11.5 Å².